The predicted octanol–water partition coefficient (Wildman–Crippen LogP) is 0.682. The molecule has 0 aromatic heterocycles. The monoisotopic (exact) mass is 310 g/mol. The van der Waals surface area contributed by atoms with Crippen molar-refractivity contribution >= 4 is 28.8 Å². The lowest BCUT2D eigenvalue weighted by Crippen LogP contribution is -2.53. The predicted molar refractivity (Wildman–Crippen MR) is 63.2 cm³/mol. The van der Waals surface area contributed by atoms with Gasteiger partial charge in [0.25, 0.3) is 0 Å². The van der Waals surface area contributed by atoms with E-state index in [1.54, 1.807) is 7.11 Å². The number of ether oxygens (including phenoxy) is 1. The van der Waals surface area contributed by atoms with Gasteiger partial charge in [-0.25, -0.2) is 3.11 Å². The minimum absolute atomic E-state index is 0.00319. The lowest BCUT2D eigenvalue weighted by Gasteiger charge is -2.38. The number of halogens is 1. The van der Waals surface area contributed by atoms with Crippen molar-refractivity contribution in [2.45, 2.75) is 6.04 Å². The molecule has 0 aromatic rings. The van der Waals surface area contributed by atoms with Crippen LogP contribution in [0, 0.1) is 0 Å². The first-order valence-electron chi connectivity index (χ1n) is 4.51. The summed E-state index contributed by atoms with van der Waals surface area (Å²) in [4.78, 5) is 13.3. The molecule has 1 atom stereocenters. The Morgan fingerprint density at radius 1 is 1.71 bits per heavy atom. The number of methoxy groups -OCH3 is 1. The minimum Gasteiger partial charge on any atom is -0.382 e. The van der Waals surface area contributed by atoms with Crippen LogP contribution in [-0.4, -0.2) is 53.3 Å². The van der Waals surface area contributed by atoms with Gasteiger partial charge in [0.1, 0.15) is 0 Å². The van der Waals surface area contributed by atoms with Crippen molar-refractivity contribution in [1.82, 2.24) is 8.01 Å². The van der Waals surface area contributed by atoms with Crippen molar-refractivity contribution in [2.75, 3.05) is 33.4 Å². The Labute approximate surface area is 98.4 Å². The number of hydrogen-bond acceptors (Lipinski definition) is 3. The lowest BCUT2D eigenvalue weighted by molar-refractivity contribution is -0.131. The van der Waals surface area contributed by atoms with Gasteiger partial charge in [-0.1, -0.05) is 6.58 Å². The topological polar surface area (TPSA) is 32.8 Å². The van der Waals surface area contributed by atoms with E-state index in [-0.39, 0.29) is 11.9 Å². The lowest BCUT2D eigenvalue weighted by atomic mass is 10.2. The second-order valence-electron chi connectivity index (χ2n) is 3.21. The van der Waals surface area contributed by atoms with Crippen LogP contribution in [0.2, 0.25) is 0 Å². The molecule has 1 aliphatic heterocycles. The Kier molecular flexibility index (Phi) is 4.83. The zero-order valence-electron chi connectivity index (χ0n) is 8.28. The highest BCUT2D eigenvalue weighted by atomic mass is 127. The first-order valence-corrected chi connectivity index (χ1v) is 5.48. The quantitative estimate of drug-likeness (QED) is 0.437. The van der Waals surface area contributed by atoms with Gasteiger partial charge in [0.05, 0.1) is 12.6 Å². The van der Waals surface area contributed by atoms with E-state index in [2.05, 4.69) is 32.6 Å². The van der Waals surface area contributed by atoms with Crippen molar-refractivity contribution in [2.24, 2.45) is 0 Å². The maximum absolute atomic E-state index is 11.5. The van der Waals surface area contributed by atoms with Crippen LogP contribution >= 0.6 is 22.9 Å². The van der Waals surface area contributed by atoms with E-state index in [0.717, 1.165) is 19.6 Å². The number of nitrogens with zero attached hydrogens (tertiary/aromatic N) is 2. The molecule has 0 radical (unpaired) electrons. The third kappa shape index (κ3) is 2.93. The van der Waals surface area contributed by atoms with Gasteiger partial charge in [-0.2, -0.15) is 0 Å². The van der Waals surface area contributed by atoms with Crippen LogP contribution in [0.15, 0.2) is 12.7 Å². The largest absolute Gasteiger partial charge is 0.382 e. The fourth-order valence-electron chi connectivity index (χ4n) is 1.56. The number of piperazine rings is 1. The van der Waals surface area contributed by atoms with Crippen LogP contribution < -0.4 is 0 Å². The van der Waals surface area contributed by atoms with E-state index < -0.39 is 0 Å². The molecule has 1 heterocycles. The van der Waals surface area contributed by atoms with Gasteiger partial charge in [-0.05, 0) is 6.08 Å². The van der Waals surface area contributed by atoms with Crippen molar-refractivity contribution in [3.63, 3.8) is 0 Å². The Hall–Kier alpha value is -0.140. The molecule has 5 heteroatoms. The SMILES string of the molecule is C=CC(=O)N1CCN(I)CC1COC. The summed E-state index contributed by atoms with van der Waals surface area (Å²) in [6, 6.07) is 0.149. The molecule has 0 aromatic carbocycles. The first kappa shape index (κ1) is 11.9. The molecule has 1 amide bonds. The van der Waals surface area contributed by atoms with Crippen LogP contribution in [0.25, 0.3) is 0 Å². The molecule has 0 N–H and O–H groups in total. The summed E-state index contributed by atoms with van der Waals surface area (Å²) < 4.78 is 7.27. The summed E-state index contributed by atoms with van der Waals surface area (Å²) in [6.07, 6.45) is 1.37. The normalized spacial score (nSPS) is 23.6. The molecule has 0 aliphatic carbocycles. The number of hydrogen-bond donors (Lipinski definition) is 0. The van der Waals surface area contributed by atoms with Crippen LogP contribution in [0.5, 0.6) is 0 Å². The maximum Gasteiger partial charge on any atom is 0.246 e. The van der Waals surface area contributed by atoms with E-state index in [1.165, 1.54) is 6.08 Å². The standard InChI is InChI=1S/C9H15IN2O2/c1-3-9(13)12-5-4-11(10)6-8(12)7-14-2/h3,8H,1,4-7H2,2H3. The first-order chi connectivity index (χ1) is 6.69. The molecule has 4 nitrogen and oxygen atoms in total. The average Bonchev–Trinajstić information content (AvgIpc) is 2.17. The maximum atomic E-state index is 11.5. The average molecular weight is 310 g/mol. The van der Waals surface area contributed by atoms with Gasteiger partial charge in [-0.3, -0.25) is 4.79 Å². The smallest absolute Gasteiger partial charge is 0.246 e. The van der Waals surface area contributed by atoms with E-state index in [0.29, 0.717) is 6.61 Å². The highest BCUT2D eigenvalue weighted by Crippen LogP contribution is 2.13. The number of rotatable bonds is 3. The van der Waals surface area contributed by atoms with Crippen molar-refractivity contribution in [3.05, 3.63) is 12.7 Å². The number of amides is 1. The van der Waals surface area contributed by atoms with Gasteiger partial charge >= 0.3 is 0 Å². The highest BCUT2D eigenvalue weighted by molar-refractivity contribution is 14.1. The Morgan fingerprint density at radius 2 is 2.43 bits per heavy atom. The molecular weight excluding hydrogens is 295 g/mol. The molecule has 1 aliphatic rings. The van der Waals surface area contributed by atoms with Gasteiger partial charge in [-0.15, -0.1) is 0 Å². The van der Waals surface area contributed by atoms with Gasteiger partial charge in [0.15, 0.2) is 0 Å². The molecule has 1 rings (SSSR count). The molecule has 80 valence electrons. The second-order valence-corrected chi connectivity index (χ2v) is 4.58. The minimum atomic E-state index is -0.00319. The summed E-state index contributed by atoms with van der Waals surface area (Å²) in [7, 11) is 1.66. The summed E-state index contributed by atoms with van der Waals surface area (Å²) in [5.74, 6) is -0.00319. The van der Waals surface area contributed by atoms with Crippen molar-refractivity contribution in [3.8, 4) is 0 Å². The van der Waals surface area contributed by atoms with Crippen LogP contribution in [0.3, 0.4) is 0 Å². The van der Waals surface area contributed by atoms with Crippen molar-refractivity contribution in [1.29, 1.82) is 0 Å². The number of carbonyl (C=O) groups excluding carboxylic acids is 1. The number of carbonyl (C=O) groups is 1. The molecule has 14 heavy (non-hydrogen) atoms. The summed E-state index contributed by atoms with van der Waals surface area (Å²) in [6.45, 7) is 6.59. The second kappa shape index (κ2) is 5.67. The van der Waals surface area contributed by atoms with Gasteiger partial charge in [0, 0.05) is 49.6 Å². The third-order valence-electron chi connectivity index (χ3n) is 2.25. The van der Waals surface area contributed by atoms with E-state index in [1.807, 2.05) is 4.90 Å². The summed E-state index contributed by atoms with van der Waals surface area (Å²) in [5, 5.41) is 0. The Morgan fingerprint density at radius 3 is 3.00 bits per heavy atom. The third-order valence-corrected chi connectivity index (χ3v) is 3.13. The molecule has 1 fully saturated rings. The highest BCUT2D eigenvalue weighted by Gasteiger charge is 2.27. The van der Waals surface area contributed by atoms with E-state index in [4.69, 9.17) is 4.74 Å². The van der Waals surface area contributed by atoms with Gasteiger partial charge < -0.3 is 9.64 Å². The molecule has 1 saturated heterocycles. The summed E-state index contributed by atoms with van der Waals surface area (Å²) >= 11 is 2.27. The fraction of sp³-hybridized carbons (Fsp3) is 0.667. The Bertz CT molecular complexity index is 223. The molecule has 0 bridgehead atoms. The van der Waals surface area contributed by atoms with E-state index in [9.17, 15) is 4.79 Å². The molecule has 0 spiro atoms. The molecule has 0 saturated carbocycles. The van der Waals surface area contributed by atoms with Gasteiger partial charge in [0.2, 0.25) is 5.91 Å². The van der Waals surface area contributed by atoms with Crippen molar-refractivity contribution < 1.29 is 9.53 Å². The summed E-state index contributed by atoms with van der Waals surface area (Å²) in [5.41, 5.74) is 0. The van der Waals surface area contributed by atoms with E-state index >= 15 is 0 Å². The zero-order valence-corrected chi connectivity index (χ0v) is 10.4. The van der Waals surface area contributed by atoms with Crippen LogP contribution in [0.4, 0.5) is 0 Å². The van der Waals surface area contributed by atoms with Crippen LogP contribution in [-0.2, 0) is 9.53 Å². The Balaban J connectivity index is 2.61. The molecule has 1 unspecified atom stereocenters. The fourth-order valence-corrected chi connectivity index (χ4v) is 2.23. The van der Waals surface area contributed by atoms with Crippen LogP contribution in [0.1, 0.15) is 0 Å². The molecular formula is C9H15IN2O2. The zero-order chi connectivity index (χ0) is 10.6.